The molecule has 1 amide bonds. The highest BCUT2D eigenvalue weighted by Gasteiger charge is 2.30. The number of likely N-dealkylation sites (tertiary alicyclic amines) is 1. The van der Waals surface area contributed by atoms with Crippen molar-refractivity contribution in [3.8, 4) is 0 Å². The summed E-state index contributed by atoms with van der Waals surface area (Å²) in [5, 5.41) is 3.01. The molecule has 0 bridgehead atoms. The summed E-state index contributed by atoms with van der Waals surface area (Å²) in [6, 6.07) is 4.70. The van der Waals surface area contributed by atoms with Crippen molar-refractivity contribution in [2.24, 2.45) is 0 Å². The summed E-state index contributed by atoms with van der Waals surface area (Å²) in [6.07, 6.45) is 5.42. The van der Waals surface area contributed by atoms with Crippen LogP contribution in [0.5, 0.6) is 0 Å². The van der Waals surface area contributed by atoms with Crippen molar-refractivity contribution in [1.29, 1.82) is 0 Å². The number of amides is 1. The molecule has 156 valence electrons. The molecule has 2 heterocycles. The van der Waals surface area contributed by atoms with Crippen LogP contribution in [-0.2, 0) is 10.0 Å². The first-order valence-corrected chi connectivity index (χ1v) is 12.3. The largest absolute Gasteiger partial charge is 0.350 e. The third-order valence-electron chi connectivity index (χ3n) is 5.78. The fraction of sp³-hybridized carbons (Fsp3) is 0.650. The Labute approximate surface area is 176 Å². The maximum Gasteiger partial charge on any atom is 0.252 e. The summed E-state index contributed by atoms with van der Waals surface area (Å²) in [5.74, 6) is -0.254. The van der Waals surface area contributed by atoms with E-state index in [1.807, 2.05) is 0 Å². The third-order valence-corrected chi connectivity index (χ3v) is 8.37. The van der Waals surface area contributed by atoms with Gasteiger partial charge in [0, 0.05) is 29.6 Å². The molecule has 3 rings (SSSR count). The van der Waals surface area contributed by atoms with Gasteiger partial charge in [-0.3, -0.25) is 9.69 Å². The summed E-state index contributed by atoms with van der Waals surface area (Å²) in [4.78, 5) is 15.4. The smallest absolute Gasteiger partial charge is 0.252 e. The van der Waals surface area contributed by atoms with Crippen LogP contribution in [0.4, 0.5) is 0 Å². The highest BCUT2D eigenvalue weighted by molar-refractivity contribution is 9.10. The molecule has 1 N–H and O–H groups in total. The maximum absolute atomic E-state index is 12.8. The number of halogens is 1. The normalized spacial score (nSPS) is 19.7. The molecule has 1 aromatic rings. The Kier molecular flexibility index (Phi) is 6.84. The van der Waals surface area contributed by atoms with Crippen molar-refractivity contribution >= 4 is 31.9 Å². The van der Waals surface area contributed by atoms with Crippen molar-refractivity contribution in [3.63, 3.8) is 0 Å². The molecule has 0 spiro atoms. The van der Waals surface area contributed by atoms with E-state index in [1.54, 1.807) is 12.1 Å². The van der Waals surface area contributed by atoms with Gasteiger partial charge in [0.25, 0.3) is 5.91 Å². The summed E-state index contributed by atoms with van der Waals surface area (Å²) in [5.41, 5.74) is 0.219. The number of nitrogens with zero attached hydrogens (tertiary/aromatic N) is 2. The van der Waals surface area contributed by atoms with Crippen molar-refractivity contribution in [3.05, 3.63) is 28.2 Å². The fourth-order valence-electron chi connectivity index (χ4n) is 3.92. The minimum Gasteiger partial charge on any atom is -0.350 e. The topological polar surface area (TPSA) is 69.7 Å². The Morgan fingerprint density at radius 2 is 1.68 bits per heavy atom. The average molecular weight is 472 g/mol. The number of rotatable bonds is 6. The zero-order valence-electron chi connectivity index (χ0n) is 16.7. The number of benzene rings is 1. The fourth-order valence-corrected chi connectivity index (χ4v) is 5.89. The predicted molar refractivity (Wildman–Crippen MR) is 114 cm³/mol. The van der Waals surface area contributed by atoms with Gasteiger partial charge >= 0.3 is 0 Å². The highest BCUT2D eigenvalue weighted by Crippen LogP contribution is 2.26. The second-order valence-corrected chi connectivity index (χ2v) is 11.1. The Morgan fingerprint density at radius 3 is 2.32 bits per heavy atom. The lowest BCUT2D eigenvalue weighted by molar-refractivity contribution is 0.0797. The van der Waals surface area contributed by atoms with Crippen LogP contribution >= 0.6 is 15.9 Å². The molecule has 0 aromatic heterocycles. The number of piperidine rings is 1. The molecular weight excluding hydrogens is 442 g/mol. The van der Waals surface area contributed by atoms with Gasteiger partial charge in [-0.15, -0.1) is 0 Å². The van der Waals surface area contributed by atoms with Gasteiger partial charge in [-0.05, 0) is 86.7 Å². The van der Waals surface area contributed by atoms with Gasteiger partial charge in [0.2, 0.25) is 10.0 Å². The van der Waals surface area contributed by atoms with Crippen LogP contribution in [0.15, 0.2) is 27.6 Å². The molecule has 1 aromatic carbocycles. The Bertz CT molecular complexity index is 814. The Morgan fingerprint density at radius 1 is 1.07 bits per heavy atom. The van der Waals surface area contributed by atoms with Crippen LogP contribution in [0.25, 0.3) is 0 Å². The van der Waals surface area contributed by atoms with E-state index in [2.05, 4.69) is 40.0 Å². The van der Waals surface area contributed by atoms with Gasteiger partial charge in [0.15, 0.2) is 0 Å². The lowest BCUT2D eigenvalue weighted by Crippen LogP contribution is -2.53. The first-order chi connectivity index (χ1) is 13.2. The van der Waals surface area contributed by atoms with Gasteiger partial charge < -0.3 is 5.32 Å². The molecule has 2 aliphatic rings. The monoisotopic (exact) mass is 471 g/mol. The molecule has 0 unspecified atom stereocenters. The van der Waals surface area contributed by atoms with E-state index in [0.717, 1.165) is 25.9 Å². The van der Waals surface area contributed by atoms with Gasteiger partial charge in [0.1, 0.15) is 0 Å². The molecule has 0 atom stereocenters. The van der Waals surface area contributed by atoms with Crippen molar-refractivity contribution < 1.29 is 13.2 Å². The first-order valence-electron chi connectivity index (χ1n) is 10.0. The highest BCUT2D eigenvalue weighted by atomic mass is 79.9. The van der Waals surface area contributed by atoms with Gasteiger partial charge in [-0.1, -0.05) is 6.42 Å². The second kappa shape index (κ2) is 8.81. The van der Waals surface area contributed by atoms with E-state index in [1.165, 1.54) is 29.6 Å². The average Bonchev–Trinajstić information content (AvgIpc) is 3.23. The second-order valence-electron chi connectivity index (χ2n) is 8.30. The van der Waals surface area contributed by atoms with E-state index in [9.17, 15) is 13.2 Å². The molecule has 0 aliphatic carbocycles. The van der Waals surface area contributed by atoms with Gasteiger partial charge in [-0.2, -0.15) is 4.31 Å². The zero-order valence-corrected chi connectivity index (χ0v) is 19.1. The van der Waals surface area contributed by atoms with E-state index in [0.29, 0.717) is 29.7 Å². The Hall–Kier alpha value is -0.960. The molecule has 2 aliphatic heterocycles. The SMILES string of the molecule is CC(C)(CNC(=O)c1cc(S(=O)(=O)N2CCCC2)ccc1Br)N1CCCCC1. The predicted octanol–water partition coefficient (Wildman–Crippen LogP) is 3.23. The van der Waals surface area contributed by atoms with E-state index < -0.39 is 10.0 Å². The van der Waals surface area contributed by atoms with Crippen LogP contribution in [0.1, 0.15) is 56.3 Å². The molecule has 0 radical (unpaired) electrons. The molecule has 8 heteroatoms. The van der Waals surface area contributed by atoms with Crippen LogP contribution in [0.3, 0.4) is 0 Å². The van der Waals surface area contributed by atoms with Crippen molar-refractivity contribution in [2.45, 2.75) is 56.4 Å². The van der Waals surface area contributed by atoms with E-state index in [-0.39, 0.29) is 16.3 Å². The molecular formula is C20H30BrN3O3S. The van der Waals surface area contributed by atoms with Crippen molar-refractivity contribution in [2.75, 3.05) is 32.7 Å². The minimum atomic E-state index is -3.55. The summed E-state index contributed by atoms with van der Waals surface area (Å²) in [7, 11) is -3.55. The number of carbonyl (C=O) groups excluding carboxylic acids is 1. The molecule has 2 saturated heterocycles. The number of sulfonamides is 1. The Balaban J connectivity index is 1.72. The lowest BCUT2D eigenvalue weighted by Gasteiger charge is -2.41. The number of nitrogens with one attached hydrogen (secondary N) is 1. The first kappa shape index (κ1) is 21.7. The lowest BCUT2D eigenvalue weighted by atomic mass is 9.98. The quantitative estimate of drug-likeness (QED) is 0.691. The van der Waals surface area contributed by atoms with Crippen LogP contribution in [0.2, 0.25) is 0 Å². The van der Waals surface area contributed by atoms with Crippen LogP contribution in [0, 0.1) is 0 Å². The van der Waals surface area contributed by atoms with E-state index >= 15 is 0 Å². The summed E-state index contributed by atoms with van der Waals surface area (Å²) < 4.78 is 27.7. The minimum absolute atomic E-state index is 0.137. The number of hydrogen-bond acceptors (Lipinski definition) is 4. The molecule has 0 saturated carbocycles. The molecule has 2 fully saturated rings. The number of carbonyl (C=O) groups is 1. The molecule has 6 nitrogen and oxygen atoms in total. The van der Waals surface area contributed by atoms with E-state index in [4.69, 9.17) is 0 Å². The standard InChI is InChI=1S/C20H30BrN3O3S/c1-20(2,23-10-4-3-5-11-23)15-22-19(25)17-14-16(8-9-18(17)21)28(26,27)24-12-6-7-13-24/h8-9,14H,3-7,10-13,15H2,1-2H3,(H,22,25). The van der Waals surface area contributed by atoms with Crippen LogP contribution in [-0.4, -0.2) is 61.8 Å². The maximum atomic E-state index is 12.8. The molecule has 28 heavy (non-hydrogen) atoms. The number of hydrogen-bond donors (Lipinski definition) is 1. The van der Waals surface area contributed by atoms with Crippen molar-refractivity contribution in [1.82, 2.24) is 14.5 Å². The third kappa shape index (κ3) is 4.78. The van der Waals surface area contributed by atoms with Crippen LogP contribution < -0.4 is 5.32 Å². The van der Waals surface area contributed by atoms with Gasteiger partial charge in [-0.25, -0.2) is 8.42 Å². The van der Waals surface area contributed by atoms with Gasteiger partial charge in [0.05, 0.1) is 10.5 Å². The summed E-state index contributed by atoms with van der Waals surface area (Å²) >= 11 is 3.40. The summed E-state index contributed by atoms with van der Waals surface area (Å²) in [6.45, 7) is 7.99. The zero-order chi connectivity index (χ0) is 20.4.